The summed E-state index contributed by atoms with van der Waals surface area (Å²) in [5.74, 6) is 0.221. The van der Waals surface area contributed by atoms with Gasteiger partial charge in [-0.15, -0.1) is 0 Å². The number of aromatic nitrogens is 2. The molecular weight excluding hydrogens is 335 g/mol. The molecular formula is C10H9IN4O2. The Bertz CT molecular complexity index is 545. The molecule has 88 valence electrons. The van der Waals surface area contributed by atoms with Gasteiger partial charge < -0.3 is 4.42 Å². The van der Waals surface area contributed by atoms with Crippen molar-refractivity contribution >= 4 is 34.7 Å². The summed E-state index contributed by atoms with van der Waals surface area (Å²) < 4.78 is 7.38. The molecule has 0 unspecified atom stereocenters. The van der Waals surface area contributed by atoms with Gasteiger partial charge in [0.2, 0.25) is 0 Å². The van der Waals surface area contributed by atoms with E-state index in [2.05, 4.69) is 15.6 Å². The minimum atomic E-state index is -0.349. The molecule has 0 aliphatic rings. The van der Waals surface area contributed by atoms with Gasteiger partial charge in [0.1, 0.15) is 5.76 Å². The number of hydrazone groups is 1. The van der Waals surface area contributed by atoms with Crippen LogP contribution in [0.5, 0.6) is 0 Å². The molecule has 1 amide bonds. The molecule has 0 atom stereocenters. The SMILES string of the molecule is Cn1cc(I)c(C(=O)NN=Cc2ccco2)n1. The van der Waals surface area contributed by atoms with Crippen LogP contribution in [-0.4, -0.2) is 21.9 Å². The molecule has 6 nitrogen and oxygen atoms in total. The van der Waals surface area contributed by atoms with Crippen molar-refractivity contribution in [3.8, 4) is 0 Å². The summed E-state index contributed by atoms with van der Waals surface area (Å²) in [6, 6.07) is 3.48. The molecule has 0 aliphatic heterocycles. The number of nitrogens with one attached hydrogen (secondary N) is 1. The monoisotopic (exact) mass is 344 g/mol. The van der Waals surface area contributed by atoms with Gasteiger partial charge >= 0.3 is 0 Å². The number of halogens is 1. The standard InChI is InChI=1S/C10H9IN4O2/c1-15-6-8(11)9(14-15)10(16)13-12-5-7-3-2-4-17-7/h2-6H,1H3,(H,13,16). The first-order chi connectivity index (χ1) is 8.16. The Morgan fingerprint density at radius 3 is 3.12 bits per heavy atom. The van der Waals surface area contributed by atoms with Gasteiger partial charge in [0.15, 0.2) is 5.69 Å². The average molecular weight is 344 g/mol. The van der Waals surface area contributed by atoms with Crippen molar-refractivity contribution in [2.45, 2.75) is 0 Å². The summed E-state index contributed by atoms with van der Waals surface area (Å²) in [6.45, 7) is 0. The van der Waals surface area contributed by atoms with E-state index in [0.29, 0.717) is 11.5 Å². The summed E-state index contributed by atoms with van der Waals surface area (Å²) in [6.07, 6.45) is 4.71. The van der Waals surface area contributed by atoms with E-state index in [4.69, 9.17) is 4.42 Å². The van der Waals surface area contributed by atoms with Gasteiger partial charge in [-0.1, -0.05) is 0 Å². The third-order valence-electron chi connectivity index (χ3n) is 1.90. The van der Waals surface area contributed by atoms with E-state index in [-0.39, 0.29) is 5.91 Å². The first-order valence-corrected chi connectivity index (χ1v) is 5.81. The van der Waals surface area contributed by atoms with Crippen LogP contribution < -0.4 is 5.43 Å². The number of carbonyl (C=O) groups is 1. The van der Waals surface area contributed by atoms with Crippen LogP contribution in [0.3, 0.4) is 0 Å². The molecule has 2 aromatic heterocycles. The Kier molecular flexibility index (Phi) is 3.57. The lowest BCUT2D eigenvalue weighted by Crippen LogP contribution is -2.19. The lowest BCUT2D eigenvalue weighted by Gasteiger charge is -1.95. The number of carbonyl (C=O) groups excluding carboxylic acids is 1. The first kappa shape index (κ1) is 11.8. The van der Waals surface area contributed by atoms with Crippen LogP contribution in [-0.2, 0) is 7.05 Å². The van der Waals surface area contributed by atoms with Crippen molar-refractivity contribution in [3.05, 3.63) is 39.6 Å². The maximum Gasteiger partial charge on any atom is 0.292 e. The van der Waals surface area contributed by atoms with E-state index < -0.39 is 0 Å². The zero-order valence-corrected chi connectivity index (χ0v) is 11.1. The molecule has 0 bridgehead atoms. The van der Waals surface area contributed by atoms with Crippen LogP contribution in [0.4, 0.5) is 0 Å². The Hall–Kier alpha value is -1.64. The van der Waals surface area contributed by atoms with Crippen LogP contribution in [0.2, 0.25) is 0 Å². The maximum atomic E-state index is 11.7. The molecule has 2 heterocycles. The fraction of sp³-hybridized carbons (Fsp3) is 0.100. The van der Waals surface area contributed by atoms with Crippen molar-refractivity contribution in [1.29, 1.82) is 0 Å². The lowest BCUT2D eigenvalue weighted by atomic mass is 10.4. The molecule has 0 spiro atoms. The van der Waals surface area contributed by atoms with Gasteiger partial charge in [-0.05, 0) is 34.7 Å². The van der Waals surface area contributed by atoms with E-state index in [1.807, 2.05) is 22.6 Å². The average Bonchev–Trinajstić information content (AvgIpc) is 2.88. The smallest absolute Gasteiger partial charge is 0.292 e. The predicted molar refractivity (Wildman–Crippen MR) is 69.7 cm³/mol. The number of rotatable bonds is 3. The minimum Gasteiger partial charge on any atom is -0.463 e. The lowest BCUT2D eigenvalue weighted by molar-refractivity contribution is 0.0948. The third-order valence-corrected chi connectivity index (χ3v) is 2.69. The van der Waals surface area contributed by atoms with Gasteiger partial charge in [-0.2, -0.15) is 10.2 Å². The van der Waals surface area contributed by atoms with Crippen LogP contribution in [0.1, 0.15) is 16.2 Å². The molecule has 0 fully saturated rings. The second-order valence-electron chi connectivity index (χ2n) is 3.21. The second kappa shape index (κ2) is 5.13. The van der Waals surface area contributed by atoms with Crippen molar-refractivity contribution in [1.82, 2.24) is 15.2 Å². The number of nitrogens with zero attached hydrogens (tertiary/aromatic N) is 3. The normalized spacial score (nSPS) is 10.9. The van der Waals surface area contributed by atoms with Crippen LogP contribution in [0.25, 0.3) is 0 Å². The highest BCUT2D eigenvalue weighted by atomic mass is 127. The highest BCUT2D eigenvalue weighted by Gasteiger charge is 2.13. The summed E-state index contributed by atoms with van der Waals surface area (Å²) in [5, 5.41) is 7.80. The van der Waals surface area contributed by atoms with E-state index in [9.17, 15) is 4.79 Å². The van der Waals surface area contributed by atoms with E-state index in [1.54, 1.807) is 30.1 Å². The summed E-state index contributed by atoms with van der Waals surface area (Å²) in [5.41, 5.74) is 2.73. The molecule has 17 heavy (non-hydrogen) atoms. The van der Waals surface area contributed by atoms with Gasteiger partial charge in [-0.3, -0.25) is 9.48 Å². The van der Waals surface area contributed by atoms with E-state index >= 15 is 0 Å². The molecule has 2 rings (SSSR count). The van der Waals surface area contributed by atoms with Crippen molar-refractivity contribution in [3.63, 3.8) is 0 Å². The summed E-state index contributed by atoms with van der Waals surface area (Å²) in [4.78, 5) is 11.7. The number of amides is 1. The van der Waals surface area contributed by atoms with Crippen molar-refractivity contribution in [2.24, 2.45) is 12.1 Å². The molecule has 0 radical (unpaired) electrons. The molecule has 1 N–H and O–H groups in total. The van der Waals surface area contributed by atoms with Gasteiger partial charge in [0.25, 0.3) is 5.91 Å². The highest BCUT2D eigenvalue weighted by molar-refractivity contribution is 14.1. The third kappa shape index (κ3) is 2.93. The van der Waals surface area contributed by atoms with Gasteiger partial charge in [0.05, 0.1) is 16.0 Å². The van der Waals surface area contributed by atoms with Gasteiger partial charge in [0, 0.05) is 13.2 Å². The van der Waals surface area contributed by atoms with Crippen LogP contribution >= 0.6 is 22.6 Å². The molecule has 0 saturated carbocycles. The fourth-order valence-corrected chi connectivity index (χ4v) is 1.94. The minimum absolute atomic E-state index is 0.349. The Balaban J connectivity index is 2.00. The van der Waals surface area contributed by atoms with Crippen molar-refractivity contribution < 1.29 is 9.21 Å². The summed E-state index contributed by atoms with van der Waals surface area (Å²) >= 11 is 2.04. The zero-order chi connectivity index (χ0) is 12.3. The van der Waals surface area contributed by atoms with E-state index in [0.717, 1.165) is 3.57 Å². The number of furan rings is 1. The highest BCUT2D eigenvalue weighted by Crippen LogP contribution is 2.08. The number of hydrogen-bond donors (Lipinski definition) is 1. The molecule has 2 aromatic rings. The largest absolute Gasteiger partial charge is 0.463 e. The van der Waals surface area contributed by atoms with Crippen molar-refractivity contribution in [2.75, 3.05) is 0 Å². The predicted octanol–water partition coefficient (Wildman–Crippen LogP) is 1.38. The summed E-state index contributed by atoms with van der Waals surface area (Å²) in [7, 11) is 1.76. The Morgan fingerprint density at radius 2 is 2.53 bits per heavy atom. The molecule has 0 saturated heterocycles. The van der Waals surface area contributed by atoms with Crippen LogP contribution in [0.15, 0.2) is 34.1 Å². The molecule has 0 aliphatic carbocycles. The number of aryl methyl sites for hydroxylation is 1. The topological polar surface area (TPSA) is 72.4 Å². The second-order valence-corrected chi connectivity index (χ2v) is 4.38. The number of hydrogen-bond acceptors (Lipinski definition) is 4. The van der Waals surface area contributed by atoms with Gasteiger partial charge in [-0.25, -0.2) is 5.43 Å². The Morgan fingerprint density at radius 1 is 1.71 bits per heavy atom. The fourth-order valence-electron chi connectivity index (χ4n) is 1.19. The zero-order valence-electron chi connectivity index (χ0n) is 8.92. The quantitative estimate of drug-likeness (QED) is 0.520. The first-order valence-electron chi connectivity index (χ1n) is 4.73. The Labute approximate surface area is 111 Å². The maximum absolute atomic E-state index is 11.7. The van der Waals surface area contributed by atoms with Crippen LogP contribution in [0, 0.1) is 3.57 Å². The molecule has 7 heteroatoms. The molecule has 0 aromatic carbocycles. The van der Waals surface area contributed by atoms with E-state index in [1.165, 1.54) is 12.5 Å².